The van der Waals surface area contributed by atoms with Crippen LogP contribution in [0.4, 0.5) is 10.1 Å². The lowest BCUT2D eigenvalue weighted by Gasteiger charge is -2.26. The number of rotatable bonds is 6. The van der Waals surface area contributed by atoms with Gasteiger partial charge in [0.05, 0.1) is 6.54 Å². The first-order valence-electron chi connectivity index (χ1n) is 7.89. The SMILES string of the molecule is CC1CCC(CCNCC(=O)Nc2cccc(F)c2)CC1. The van der Waals surface area contributed by atoms with Crippen LogP contribution in [0.3, 0.4) is 0 Å². The van der Waals surface area contributed by atoms with Gasteiger partial charge in [0.1, 0.15) is 5.82 Å². The number of nitrogens with one attached hydrogen (secondary N) is 2. The van der Waals surface area contributed by atoms with Crippen LogP contribution in [0.1, 0.15) is 39.0 Å². The van der Waals surface area contributed by atoms with Crippen LogP contribution in [0, 0.1) is 17.7 Å². The Labute approximate surface area is 126 Å². The van der Waals surface area contributed by atoms with Crippen LogP contribution in [-0.4, -0.2) is 19.0 Å². The summed E-state index contributed by atoms with van der Waals surface area (Å²) in [7, 11) is 0. The van der Waals surface area contributed by atoms with E-state index in [2.05, 4.69) is 17.6 Å². The van der Waals surface area contributed by atoms with E-state index < -0.39 is 0 Å². The van der Waals surface area contributed by atoms with Crippen molar-refractivity contribution in [2.24, 2.45) is 11.8 Å². The predicted molar refractivity (Wildman–Crippen MR) is 83.6 cm³/mol. The zero-order valence-electron chi connectivity index (χ0n) is 12.7. The Morgan fingerprint density at radius 3 is 2.76 bits per heavy atom. The maximum Gasteiger partial charge on any atom is 0.238 e. The van der Waals surface area contributed by atoms with Gasteiger partial charge in [0, 0.05) is 5.69 Å². The van der Waals surface area contributed by atoms with Gasteiger partial charge in [-0.05, 0) is 43.0 Å². The van der Waals surface area contributed by atoms with Crippen LogP contribution in [0.15, 0.2) is 24.3 Å². The summed E-state index contributed by atoms with van der Waals surface area (Å²) in [4.78, 5) is 11.7. The summed E-state index contributed by atoms with van der Waals surface area (Å²) >= 11 is 0. The number of carbonyl (C=O) groups is 1. The highest BCUT2D eigenvalue weighted by molar-refractivity contribution is 5.92. The zero-order chi connectivity index (χ0) is 15.1. The van der Waals surface area contributed by atoms with Gasteiger partial charge in [-0.1, -0.05) is 38.7 Å². The van der Waals surface area contributed by atoms with E-state index in [4.69, 9.17) is 0 Å². The largest absolute Gasteiger partial charge is 0.325 e. The molecule has 0 radical (unpaired) electrons. The second-order valence-electron chi connectivity index (χ2n) is 6.15. The van der Waals surface area contributed by atoms with Crippen molar-refractivity contribution in [3.05, 3.63) is 30.1 Å². The number of benzene rings is 1. The Balaban J connectivity index is 1.59. The highest BCUT2D eigenvalue weighted by Gasteiger charge is 2.17. The minimum Gasteiger partial charge on any atom is -0.325 e. The van der Waals surface area contributed by atoms with Gasteiger partial charge in [0.25, 0.3) is 0 Å². The maximum atomic E-state index is 13.0. The van der Waals surface area contributed by atoms with Gasteiger partial charge >= 0.3 is 0 Å². The van der Waals surface area contributed by atoms with Gasteiger partial charge in [0.2, 0.25) is 5.91 Å². The molecule has 116 valence electrons. The molecule has 0 heterocycles. The summed E-state index contributed by atoms with van der Waals surface area (Å²) < 4.78 is 13.0. The van der Waals surface area contributed by atoms with E-state index >= 15 is 0 Å². The van der Waals surface area contributed by atoms with Crippen molar-refractivity contribution >= 4 is 11.6 Å². The molecular weight excluding hydrogens is 267 g/mol. The molecule has 1 amide bonds. The van der Waals surface area contributed by atoms with Crippen LogP contribution in [-0.2, 0) is 4.79 Å². The molecule has 2 N–H and O–H groups in total. The van der Waals surface area contributed by atoms with Crippen LogP contribution >= 0.6 is 0 Å². The smallest absolute Gasteiger partial charge is 0.238 e. The molecule has 1 aliphatic rings. The molecule has 4 heteroatoms. The van der Waals surface area contributed by atoms with Crippen molar-refractivity contribution in [2.75, 3.05) is 18.4 Å². The van der Waals surface area contributed by atoms with Crippen molar-refractivity contribution in [3.63, 3.8) is 0 Å². The third-order valence-corrected chi connectivity index (χ3v) is 4.26. The van der Waals surface area contributed by atoms with Crippen molar-refractivity contribution in [1.82, 2.24) is 5.32 Å². The fraction of sp³-hybridized carbons (Fsp3) is 0.588. The Morgan fingerprint density at radius 2 is 2.05 bits per heavy atom. The molecule has 2 rings (SSSR count). The topological polar surface area (TPSA) is 41.1 Å². The molecule has 1 aromatic rings. The molecule has 1 aromatic carbocycles. The highest BCUT2D eigenvalue weighted by atomic mass is 19.1. The number of halogens is 1. The molecule has 0 spiro atoms. The Morgan fingerprint density at radius 1 is 1.29 bits per heavy atom. The van der Waals surface area contributed by atoms with Gasteiger partial charge < -0.3 is 10.6 Å². The van der Waals surface area contributed by atoms with Gasteiger partial charge in [-0.25, -0.2) is 4.39 Å². The predicted octanol–water partition coefficient (Wildman–Crippen LogP) is 3.57. The Hall–Kier alpha value is -1.42. The van der Waals surface area contributed by atoms with E-state index in [1.165, 1.54) is 37.8 Å². The number of hydrogen-bond donors (Lipinski definition) is 2. The van der Waals surface area contributed by atoms with Crippen molar-refractivity contribution in [2.45, 2.75) is 39.0 Å². The normalized spacial score (nSPS) is 22.0. The molecule has 1 saturated carbocycles. The minimum absolute atomic E-state index is 0.127. The number of hydrogen-bond acceptors (Lipinski definition) is 2. The van der Waals surface area contributed by atoms with Crippen molar-refractivity contribution < 1.29 is 9.18 Å². The second-order valence-corrected chi connectivity index (χ2v) is 6.15. The summed E-state index contributed by atoms with van der Waals surface area (Å²) in [6.07, 6.45) is 6.45. The standard InChI is InChI=1S/C17H25FN2O/c1-13-5-7-14(8-6-13)9-10-19-12-17(21)20-16-4-2-3-15(18)11-16/h2-4,11,13-14,19H,5-10,12H2,1H3,(H,20,21). The van der Waals surface area contributed by atoms with Crippen LogP contribution < -0.4 is 10.6 Å². The summed E-state index contributed by atoms with van der Waals surface area (Å²) in [5, 5.41) is 5.86. The molecule has 0 bridgehead atoms. The van der Waals surface area contributed by atoms with Gasteiger partial charge in [0.15, 0.2) is 0 Å². The van der Waals surface area contributed by atoms with Crippen LogP contribution in [0.2, 0.25) is 0 Å². The van der Waals surface area contributed by atoms with Gasteiger partial charge in [-0.15, -0.1) is 0 Å². The molecule has 0 saturated heterocycles. The molecule has 0 unspecified atom stereocenters. The number of anilines is 1. The Bertz CT molecular complexity index is 456. The first-order valence-corrected chi connectivity index (χ1v) is 7.89. The third kappa shape index (κ3) is 5.84. The first kappa shape index (κ1) is 16.0. The maximum absolute atomic E-state index is 13.0. The molecule has 0 aromatic heterocycles. The molecule has 1 fully saturated rings. The summed E-state index contributed by atoms with van der Waals surface area (Å²) in [6.45, 7) is 3.47. The fourth-order valence-electron chi connectivity index (χ4n) is 2.90. The van der Waals surface area contributed by atoms with Crippen molar-refractivity contribution in [1.29, 1.82) is 0 Å². The molecule has 1 aliphatic carbocycles. The quantitative estimate of drug-likeness (QED) is 0.787. The molecule has 3 nitrogen and oxygen atoms in total. The molecule has 0 aliphatic heterocycles. The average Bonchev–Trinajstić information content (AvgIpc) is 2.45. The summed E-state index contributed by atoms with van der Waals surface area (Å²) in [5.41, 5.74) is 0.503. The highest BCUT2D eigenvalue weighted by Crippen LogP contribution is 2.29. The lowest BCUT2D eigenvalue weighted by Crippen LogP contribution is -2.30. The van der Waals surface area contributed by atoms with Crippen LogP contribution in [0.5, 0.6) is 0 Å². The molecule has 21 heavy (non-hydrogen) atoms. The lowest BCUT2D eigenvalue weighted by molar-refractivity contribution is -0.115. The lowest BCUT2D eigenvalue weighted by atomic mass is 9.81. The minimum atomic E-state index is -0.340. The number of carbonyl (C=O) groups excluding carboxylic acids is 1. The van der Waals surface area contributed by atoms with Crippen molar-refractivity contribution in [3.8, 4) is 0 Å². The Kier molecular flexibility index (Phi) is 6.18. The van der Waals surface area contributed by atoms with E-state index in [-0.39, 0.29) is 18.3 Å². The number of amides is 1. The van der Waals surface area contributed by atoms with Gasteiger partial charge in [-0.3, -0.25) is 4.79 Å². The second kappa shape index (κ2) is 8.13. The van der Waals surface area contributed by atoms with E-state index in [9.17, 15) is 9.18 Å². The van der Waals surface area contributed by atoms with E-state index in [1.807, 2.05) is 0 Å². The monoisotopic (exact) mass is 292 g/mol. The first-order chi connectivity index (χ1) is 10.1. The van der Waals surface area contributed by atoms with E-state index in [1.54, 1.807) is 12.1 Å². The third-order valence-electron chi connectivity index (χ3n) is 4.26. The molecule has 0 atom stereocenters. The summed E-state index contributed by atoms with van der Waals surface area (Å²) in [6, 6.07) is 5.95. The van der Waals surface area contributed by atoms with Crippen LogP contribution in [0.25, 0.3) is 0 Å². The summed E-state index contributed by atoms with van der Waals surface area (Å²) in [5.74, 6) is 1.22. The zero-order valence-corrected chi connectivity index (χ0v) is 12.7. The van der Waals surface area contributed by atoms with E-state index in [0.717, 1.165) is 24.8 Å². The van der Waals surface area contributed by atoms with Gasteiger partial charge in [-0.2, -0.15) is 0 Å². The molecular formula is C17H25FN2O. The fourth-order valence-corrected chi connectivity index (χ4v) is 2.90. The van der Waals surface area contributed by atoms with E-state index in [0.29, 0.717) is 5.69 Å². The average molecular weight is 292 g/mol.